The van der Waals surface area contributed by atoms with Crippen LogP contribution in [0.15, 0.2) is 18.2 Å². The van der Waals surface area contributed by atoms with E-state index in [2.05, 4.69) is 24.5 Å². The van der Waals surface area contributed by atoms with E-state index in [1.807, 2.05) is 0 Å². The number of nitrogens with zero attached hydrogens (tertiary/aromatic N) is 1. The van der Waals surface area contributed by atoms with E-state index in [0.717, 1.165) is 0 Å². The fourth-order valence-electron chi connectivity index (χ4n) is 0.951. The maximum absolute atomic E-state index is 10.6. The summed E-state index contributed by atoms with van der Waals surface area (Å²) < 4.78 is 0. The van der Waals surface area contributed by atoms with E-state index in [1.54, 1.807) is 6.07 Å². The number of nitro benzene ring substituents is 1. The zero-order chi connectivity index (χ0) is 11.3. The minimum atomic E-state index is -0.522. The van der Waals surface area contributed by atoms with E-state index in [-0.39, 0.29) is 10.7 Å². The normalized spacial score (nSPS) is 9.20. The molecule has 0 amide bonds. The van der Waals surface area contributed by atoms with Crippen LogP contribution in [0, 0.1) is 22.0 Å². The lowest BCUT2D eigenvalue weighted by Gasteiger charge is -1.95. The van der Waals surface area contributed by atoms with Gasteiger partial charge in [0.15, 0.2) is 0 Å². The van der Waals surface area contributed by atoms with Gasteiger partial charge in [-0.2, -0.15) is 12.6 Å². The van der Waals surface area contributed by atoms with Gasteiger partial charge in [0.05, 0.1) is 4.92 Å². The summed E-state index contributed by atoms with van der Waals surface area (Å²) in [7, 11) is 0. The Bertz CT molecular complexity index is 437. The lowest BCUT2D eigenvalue weighted by Crippen LogP contribution is -1.89. The summed E-state index contributed by atoms with van der Waals surface area (Å²) in [6, 6.07) is 4.50. The Morgan fingerprint density at radius 1 is 1.53 bits per heavy atom. The Kier molecular flexibility index (Phi) is 4.47. The quantitative estimate of drug-likeness (QED) is 0.374. The third kappa shape index (κ3) is 3.46. The summed E-state index contributed by atoms with van der Waals surface area (Å²) >= 11 is 9.65. The minimum Gasteiger partial charge on any atom is -0.258 e. The number of thiol groups is 1. The predicted octanol–water partition coefficient (Wildman–Crippen LogP) is 2.92. The molecule has 0 aromatic heterocycles. The summed E-state index contributed by atoms with van der Waals surface area (Å²) in [5, 5.41) is 10.7. The van der Waals surface area contributed by atoms with Crippen molar-refractivity contribution in [3.05, 3.63) is 38.9 Å². The highest BCUT2D eigenvalue weighted by atomic mass is 35.5. The monoisotopic (exact) mass is 241 g/mol. The molecule has 0 aliphatic heterocycles. The van der Waals surface area contributed by atoms with Gasteiger partial charge in [0.1, 0.15) is 5.02 Å². The van der Waals surface area contributed by atoms with Crippen LogP contribution < -0.4 is 0 Å². The lowest BCUT2D eigenvalue weighted by molar-refractivity contribution is -0.384. The van der Waals surface area contributed by atoms with Crippen molar-refractivity contribution >= 4 is 29.9 Å². The Hall–Kier alpha value is -1.18. The van der Waals surface area contributed by atoms with Gasteiger partial charge in [-0.1, -0.05) is 23.4 Å². The summed E-state index contributed by atoms with van der Waals surface area (Å²) in [5.41, 5.74) is 0.474. The number of nitro groups is 1. The van der Waals surface area contributed by atoms with Gasteiger partial charge in [-0.05, 0) is 12.1 Å². The first-order valence-corrected chi connectivity index (χ1v) is 5.20. The molecule has 0 heterocycles. The van der Waals surface area contributed by atoms with E-state index in [4.69, 9.17) is 11.6 Å². The SMILES string of the molecule is O=[N+]([O-])c1cc(C#CCCS)ccc1Cl. The second-order valence-electron chi connectivity index (χ2n) is 2.70. The van der Waals surface area contributed by atoms with Gasteiger partial charge in [0.2, 0.25) is 0 Å². The molecule has 0 saturated heterocycles. The largest absolute Gasteiger partial charge is 0.289 e. The van der Waals surface area contributed by atoms with Gasteiger partial charge in [0, 0.05) is 23.8 Å². The van der Waals surface area contributed by atoms with Crippen molar-refractivity contribution in [2.75, 3.05) is 5.75 Å². The van der Waals surface area contributed by atoms with Gasteiger partial charge in [-0.3, -0.25) is 10.1 Å². The Morgan fingerprint density at radius 3 is 2.87 bits per heavy atom. The first-order valence-electron chi connectivity index (χ1n) is 4.19. The van der Waals surface area contributed by atoms with Gasteiger partial charge in [0.25, 0.3) is 5.69 Å². The van der Waals surface area contributed by atoms with Crippen LogP contribution in [0.2, 0.25) is 5.02 Å². The summed E-state index contributed by atoms with van der Waals surface area (Å²) in [6.45, 7) is 0. The molecule has 1 rings (SSSR count). The first-order chi connectivity index (χ1) is 7.15. The summed E-state index contributed by atoms with van der Waals surface area (Å²) in [5.74, 6) is 6.32. The Morgan fingerprint density at radius 2 is 2.27 bits per heavy atom. The van der Waals surface area contributed by atoms with Crippen molar-refractivity contribution in [1.29, 1.82) is 0 Å². The predicted molar refractivity (Wildman–Crippen MR) is 63.5 cm³/mol. The fourth-order valence-corrected chi connectivity index (χ4v) is 1.25. The molecular formula is C10H8ClNO2S. The molecule has 3 nitrogen and oxygen atoms in total. The molecule has 0 N–H and O–H groups in total. The average molecular weight is 242 g/mol. The third-order valence-corrected chi connectivity index (χ3v) is 2.16. The highest BCUT2D eigenvalue weighted by Gasteiger charge is 2.11. The second-order valence-corrected chi connectivity index (χ2v) is 3.55. The minimum absolute atomic E-state index is 0.116. The van der Waals surface area contributed by atoms with Crippen molar-refractivity contribution in [2.45, 2.75) is 6.42 Å². The Labute approximate surface area is 98.0 Å². The van der Waals surface area contributed by atoms with Crippen molar-refractivity contribution in [3.8, 4) is 11.8 Å². The number of rotatable bonds is 2. The van der Waals surface area contributed by atoms with Gasteiger partial charge >= 0.3 is 0 Å². The highest BCUT2D eigenvalue weighted by Crippen LogP contribution is 2.24. The van der Waals surface area contributed by atoms with Crippen molar-refractivity contribution < 1.29 is 4.92 Å². The van der Waals surface area contributed by atoms with Crippen LogP contribution >= 0.6 is 24.2 Å². The van der Waals surface area contributed by atoms with Gasteiger partial charge in [-0.15, -0.1) is 0 Å². The van der Waals surface area contributed by atoms with Crippen LogP contribution in [0.1, 0.15) is 12.0 Å². The van der Waals surface area contributed by atoms with Gasteiger partial charge in [-0.25, -0.2) is 0 Å². The Balaban J connectivity index is 2.99. The van der Waals surface area contributed by atoms with Crippen LogP contribution in [0.4, 0.5) is 5.69 Å². The molecule has 0 saturated carbocycles. The molecule has 0 unspecified atom stereocenters. The number of halogens is 1. The molecule has 0 fully saturated rings. The van der Waals surface area contributed by atoms with Crippen molar-refractivity contribution in [2.24, 2.45) is 0 Å². The molecule has 0 aliphatic carbocycles. The summed E-state index contributed by atoms with van der Waals surface area (Å²) in [6.07, 6.45) is 0.652. The molecule has 5 heteroatoms. The zero-order valence-corrected chi connectivity index (χ0v) is 9.39. The molecule has 15 heavy (non-hydrogen) atoms. The second kappa shape index (κ2) is 5.64. The van der Waals surface area contributed by atoms with E-state index in [1.165, 1.54) is 12.1 Å². The number of benzene rings is 1. The molecule has 1 aromatic carbocycles. The average Bonchev–Trinajstić information content (AvgIpc) is 2.20. The standard InChI is InChI=1S/C10H8ClNO2S/c11-9-5-4-8(3-1-2-6-15)7-10(9)12(13)14/h4-5,7,15H,2,6H2. The fraction of sp³-hybridized carbons (Fsp3) is 0.200. The number of hydrogen-bond donors (Lipinski definition) is 1. The molecule has 0 atom stereocenters. The van der Waals surface area contributed by atoms with Crippen LogP contribution in [0.3, 0.4) is 0 Å². The van der Waals surface area contributed by atoms with Crippen LogP contribution in [0.5, 0.6) is 0 Å². The van der Waals surface area contributed by atoms with Crippen LogP contribution in [0.25, 0.3) is 0 Å². The van der Waals surface area contributed by atoms with E-state index >= 15 is 0 Å². The van der Waals surface area contributed by atoms with Crippen LogP contribution in [-0.4, -0.2) is 10.7 Å². The first kappa shape index (κ1) is 11.9. The highest BCUT2D eigenvalue weighted by molar-refractivity contribution is 7.80. The van der Waals surface area contributed by atoms with Crippen molar-refractivity contribution in [1.82, 2.24) is 0 Å². The maximum atomic E-state index is 10.6. The third-order valence-electron chi connectivity index (χ3n) is 1.61. The maximum Gasteiger partial charge on any atom is 0.289 e. The smallest absolute Gasteiger partial charge is 0.258 e. The van der Waals surface area contributed by atoms with E-state index in [9.17, 15) is 10.1 Å². The molecule has 0 aliphatic rings. The topological polar surface area (TPSA) is 43.1 Å². The van der Waals surface area contributed by atoms with Crippen LogP contribution in [-0.2, 0) is 0 Å². The summed E-state index contributed by atoms with van der Waals surface area (Å²) in [4.78, 5) is 10.0. The van der Waals surface area contributed by atoms with Gasteiger partial charge < -0.3 is 0 Å². The zero-order valence-electron chi connectivity index (χ0n) is 7.74. The molecule has 0 spiro atoms. The lowest BCUT2D eigenvalue weighted by atomic mass is 10.2. The number of hydrogen-bond acceptors (Lipinski definition) is 3. The molecule has 0 radical (unpaired) electrons. The molecular weight excluding hydrogens is 234 g/mol. The van der Waals surface area contributed by atoms with Crippen molar-refractivity contribution in [3.63, 3.8) is 0 Å². The molecule has 0 bridgehead atoms. The van der Waals surface area contributed by atoms with E-state index < -0.39 is 4.92 Å². The van der Waals surface area contributed by atoms with E-state index in [0.29, 0.717) is 17.7 Å². The molecule has 78 valence electrons. The molecule has 1 aromatic rings.